The van der Waals surface area contributed by atoms with Crippen LogP contribution >= 0.6 is 0 Å². The van der Waals surface area contributed by atoms with Gasteiger partial charge in [-0.2, -0.15) is 0 Å². The molecule has 0 fully saturated rings. The van der Waals surface area contributed by atoms with Gasteiger partial charge in [-0.05, 0) is 18.6 Å². The summed E-state index contributed by atoms with van der Waals surface area (Å²) in [5.41, 5.74) is -0.908. The minimum absolute atomic E-state index is 0.0508. The fourth-order valence-corrected chi connectivity index (χ4v) is 3.98. The van der Waals surface area contributed by atoms with E-state index in [1.807, 2.05) is 30.3 Å². The molecule has 0 aliphatic carbocycles. The SMILES string of the molecule is CCOC(=O)[C@]1(O)C(c2ccccc2)c2ccccc2O[C@@]1(O)c1ccccc1. The van der Waals surface area contributed by atoms with Crippen molar-refractivity contribution in [3.63, 3.8) is 0 Å². The predicted molar refractivity (Wildman–Crippen MR) is 107 cm³/mol. The minimum Gasteiger partial charge on any atom is -0.464 e. The van der Waals surface area contributed by atoms with Crippen molar-refractivity contribution in [2.45, 2.75) is 24.2 Å². The number of esters is 1. The Morgan fingerprint density at radius 1 is 0.931 bits per heavy atom. The number of benzene rings is 3. The summed E-state index contributed by atoms with van der Waals surface area (Å²) in [7, 11) is 0. The highest BCUT2D eigenvalue weighted by Gasteiger charge is 2.67. The monoisotopic (exact) mass is 390 g/mol. The Hall–Kier alpha value is -3.15. The van der Waals surface area contributed by atoms with Crippen molar-refractivity contribution < 1.29 is 24.5 Å². The van der Waals surface area contributed by atoms with Crippen LogP contribution in [0.3, 0.4) is 0 Å². The molecule has 0 bridgehead atoms. The van der Waals surface area contributed by atoms with Gasteiger partial charge in [-0.1, -0.05) is 78.9 Å². The molecule has 0 saturated carbocycles. The lowest BCUT2D eigenvalue weighted by molar-refractivity contribution is -0.280. The third-order valence-electron chi connectivity index (χ3n) is 5.31. The van der Waals surface area contributed by atoms with Gasteiger partial charge in [0.15, 0.2) is 0 Å². The molecular formula is C24H22O5. The second-order valence-corrected chi connectivity index (χ2v) is 6.98. The molecule has 5 nitrogen and oxygen atoms in total. The van der Waals surface area contributed by atoms with Crippen LogP contribution in [0.15, 0.2) is 84.9 Å². The van der Waals surface area contributed by atoms with E-state index in [1.165, 1.54) is 0 Å². The number of para-hydroxylation sites is 1. The minimum atomic E-state index is -2.42. The van der Waals surface area contributed by atoms with E-state index in [4.69, 9.17) is 9.47 Å². The topological polar surface area (TPSA) is 76.0 Å². The molecule has 29 heavy (non-hydrogen) atoms. The molecule has 3 aromatic rings. The second-order valence-electron chi connectivity index (χ2n) is 6.98. The van der Waals surface area contributed by atoms with Crippen LogP contribution in [0.2, 0.25) is 0 Å². The Kier molecular flexibility index (Phi) is 4.86. The molecule has 0 radical (unpaired) electrons. The Bertz CT molecular complexity index is 1000. The zero-order chi connectivity index (χ0) is 20.5. The molecule has 1 aliphatic rings. The fraction of sp³-hybridized carbons (Fsp3) is 0.208. The first-order valence-corrected chi connectivity index (χ1v) is 9.52. The van der Waals surface area contributed by atoms with Crippen molar-refractivity contribution in [1.82, 2.24) is 0 Å². The number of hydrogen-bond acceptors (Lipinski definition) is 5. The summed E-state index contributed by atoms with van der Waals surface area (Å²) in [5.74, 6) is -3.82. The molecule has 0 amide bonds. The fourth-order valence-electron chi connectivity index (χ4n) is 3.98. The van der Waals surface area contributed by atoms with Gasteiger partial charge in [0, 0.05) is 11.1 Å². The van der Waals surface area contributed by atoms with Crippen LogP contribution in [0.25, 0.3) is 0 Å². The highest BCUT2D eigenvalue weighted by Crippen LogP contribution is 2.54. The number of rotatable bonds is 4. The summed E-state index contributed by atoms with van der Waals surface area (Å²) in [5, 5.41) is 23.7. The maximum atomic E-state index is 13.2. The third-order valence-corrected chi connectivity index (χ3v) is 5.31. The molecule has 1 unspecified atom stereocenters. The van der Waals surface area contributed by atoms with Gasteiger partial charge in [0.05, 0.1) is 12.5 Å². The molecule has 4 rings (SSSR count). The van der Waals surface area contributed by atoms with Crippen molar-refractivity contribution in [3.05, 3.63) is 102 Å². The van der Waals surface area contributed by atoms with Gasteiger partial charge in [0.25, 0.3) is 5.79 Å². The van der Waals surface area contributed by atoms with Gasteiger partial charge in [0.1, 0.15) is 5.75 Å². The molecule has 5 heteroatoms. The maximum Gasteiger partial charge on any atom is 0.346 e. The van der Waals surface area contributed by atoms with Crippen LogP contribution in [-0.2, 0) is 15.3 Å². The van der Waals surface area contributed by atoms with E-state index < -0.39 is 23.3 Å². The molecule has 2 N–H and O–H groups in total. The van der Waals surface area contributed by atoms with Gasteiger partial charge in [0.2, 0.25) is 5.60 Å². The van der Waals surface area contributed by atoms with E-state index in [9.17, 15) is 15.0 Å². The number of carbonyl (C=O) groups excluding carboxylic acids is 1. The highest BCUT2D eigenvalue weighted by molar-refractivity contribution is 5.85. The molecule has 148 valence electrons. The summed E-state index contributed by atoms with van der Waals surface area (Å²) in [6, 6.07) is 24.6. The predicted octanol–water partition coefficient (Wildman–Crippen LogP) is 3.35. The zero-order valence-electron chi connectivity index (χ0n) is 16.0. The van der Waals surface area contributed by atoms with Gasteiger partial charge >= 0.3 is 5.97 Å². The van der Waals surface area contributed by atoms with Crippen molar-refractivity contribution in [2.24, 2.45) is 0 Å². The molecule has 0 saturated heterocycles. The molecule has 0 aromatic heterocycles. The quantitative estimate of drug-likeness (QED) is 0.668. The Morgan fingerprint density at radius 3 is 2.17 bits per heavy atom. The molecule has 3 aromatic carbocycles. The number of aliphatic hydroxyl groups is 2. The number of hydrogen-bond donors (Lipinski definition) is 2. The van der Waals surface area contributed by atoms with E-state index in [1.54, 1.807) is 61.5 Å². The summed E-state index contributed by atoms with van der Waals surface area (Å²) in [6.45, 7) is 1.70. The first-order chi connectivity index (χ1) is 14.0. The van der Waals surface area contributed by atoms with E-state index in [0.717, 1.165) is 0 Å². The van der Waals surface area contributed by atoms with Gasteiger partial charge in [-0.15, -0.1) is 0 Å². The van der Waals surface area contributed by atoms with Crippen LogP contribution in [0, 0.1) is 0 Å². The van der Waals surface area contributed by atoms with Crippen LogP contribution < -0.4 is 4.74 Å². The normalized spacial score (nSPS) is 25.6. The first-order valence-electron chi connectivity index (χ1n) is 9.52. The van der Waals surface area contributed by atoms with Crippen LogP contribution in [-0.4, -0.2) is 28.4 Å². The average molecular weight is 390 g/mol. The molecule has 1 heterocycles. The highest BCUT2D eigenvalue weighted by atomic mass is 16.7. The smallest absolute Gasteiger partial charge is 0.346 e. The van der Waals surface area contributed by atoms with Crippen LogP contribution in [0.4, 0.5) is 0 Å². The van der Waals surface area contributed by atoms with Crippen LogP contribution in [0.5, 0.6) is 5.75 Å². The van der Waals surface area contributed by atoms with Crippen molar-refractivity contribution >= 4 is 5.97 Å². The average Bonchev–Trinajstić information content (AvgIpc) is 2.76. The van der Waals surface area contributed by atoms with Gasteiger partial charge < -0.3 is 19.7 Å². The van der Waals surface area contributed by atoms with E-state index in [2.05, 4.69) is 0 Å². The Morgan fingerprint density at radius 2 is 1.52 bits per heavy atom. The first kappa shape index (κ1) is 19.2. The number of fused-ring (bicyclic) bond motifs is 1. The number of ether oxygens (including phenoxy) is 2. The van der Waals surface area contributed by atoms with E-state index >= 15 is 0 Å². The summed E-state index contributed by atoms with van der Waals surface area (Å²) in [6.07, 6.45) is 0. The van der Waals surface area contributed by atoms with Crippen molar-refractivity contribution in [3.8, 4) is 5.75 Å². The lowest BCUT2D eigenvalue weighted by Gasteiger charge is -2.49. The molecule has 0 spiro atoms. The van der Waals surface area contributed by atoms with Gasteiger partial charge in [-0.3, -0.25) is 0 Å². The Balaban J connectivity index is 2.04. The van der Waals surface area contributed by atoms with E-state index in [-0.39, 0.29) is 12.2 Å². The second kappa shape index (κ2) is 7.35. The lowest BCUT2D eigenvalue weighted by Crippen LogP contribution is -2.66. The molecule has 3 atom stereocenters. The summed E-state index contributed by atoms with van der Waals surface area (Å²) in [4.78, 5) is 13.2. The van der Waals surface area contributed by atoms with Gasteiger partial charge in [-0.25, -0.2) is 4.79 Å². The largest absolute Gasteiger partial charge is 0.464 e. The standard InChI is InChI=1S/C24H22O5/c1-2-28-22(25)23(26)21(17-11-5-3-6-12-17)19-15-9-10-16-20(19)29-24(23,27)18-13-7-4-8-14-18/h3-16,21,26-27H,2H2,1H3/t21?,23-,24+/m1/s1. The Labute approximate surface area is 169 Å². The van der Waals surface area contributed by atoms with E-state index in [0.29, 0.717) is 16.9 Å². The van der Waals surface area contributed by atoms with Crippen molar-refractivity contribution in [2.75, 3.05) is 6.61 Å². The molecule has 1 aliphatic heterocycles. The zero-order valence-corrected chi connectivity index (χ0v) is 16.0. The maximum absolute atomic E-state index is 13.2. The molecular weight excluding hydrogens is 368 g/mol. The van der Waals surface area contributed by atoms with Crippen molar-refractivity contribution in [1.29, 1.82) is 0 Å². The summed E-state index contributed by atoms with van der Waals surface area (Å²) >= 11 is 0. The van der Waals surface area contributed by atoms with Crippen LogP contribution in [0.1, 0.15) is 29.5 Å². The number of carbonyl (C=O) groups is 1. The summed E-state index contributed by atoms with van der Waals surface area (Å²) < 4.78 is 11.2. The third kappa shape index (κ3) is 2.90. The lowest BCUT2D eigenvalue weighted by atomic mass is 9.68.